The van der Waals surface area contributed by atoms with Crippen molar-refractivity contribution in [3.8, 4) is 17.2 Å². The first kappa shape index (κ1) is 21.5. The van der Waals surface area contributed by atoms with E-state index in [0.717, 1.165) is 33.4 Å². The van der Waals surface area contributed by atoms with Crippen LogP contribution in [0.2, 0.25) is 0 Å². The Morgan fingerprint density at radius 3 is 2.44 bits per heavy atom. The third-order valence-electron chi connectivity index (χ3n) is 5.24. The lowest BCUT2D eigenvalue weighted by Gasteiger charge is -2.13. The number of amides is 1. The molecule has 32 heavy (non-hydrogen) atoms. The number of oxazole rings is 1. The van der Waals surface area contributed by atoms with E-state index in [4.69, 9.17) is 21.4 Å². The number of aryl methyl sites for hydroxylation is 3. The van der Waals surface area contributed by atoms with Crippen LogP contribution in [0, 0.1) is 20.8 Å². The fraction of sp³-hybridized carbons (Fsp3) is 0.160. The smallest absolute Gasteiger partial charge is 0.257 e. The molecular weight excluding hydrogens is 422 g/mol. The van der Waals surface area contributed by atoms with Gasteiger partial charge in [0.1, 0.15) is 11.3 Å². The molecule has 0 fully saturated rings. The topological polar surface area (TPSA) is 76.4 Å². The summed E-state index contributed by atoms with van der Waals surface area (Å²) in [5.74, 6) is 0.774. The van der Waals surface area contributed by atoms with Gasteiger partial charge >= 0.3 is 0 Å². The summed E-state index contributed by atoms with van der Waals surface area (Å²) >= 11 is 5.35. The molecule has 7 heteroatoms. The van der Waals surface area contributed by atoms with Crippen molar-refractivity contribution in [1.82, 2.24) is 10.3 Å². The lowest BCUT2D eigenvalue weighted by Crippen LogP contribution is -2.34. The summed E-state index contributed by atoms with van der Waals surface area (Å²) < 4.78 is 11.4. The van der Waals surface area contributed by atoms with Gasteiger partial charge in [-0.05, 0) is 86.6 Å². The van der Waals surface area contributed by atoms with Gasteiger partial charge in [0.05, 0.1) is 12.8 Å². The van der Waals surface area contributed by atoms with Crippen LogP contribution in [0.3, 0.4) is 0 Å². The van der Waals surface area contributed by atoms with Gasteiger partial charge in [-0.3, -0.25) is 10.1 Å². The van der Waals surface area contributed by atoms with E-state index in [2.05, 4.69) is 15.6 Å². The van der Waals surface area contributed by atoms with Crippen LogP contribution in [0.1, 0.15) is 27.0 Å². The van der Waals surface area contributed by atoms with Crippen molar-refractivity contribution in [3.05, 3.63) is 76.9 Å². The summed E-state index contributed by atoms with van der Waals surface area (Å²) in [5.41, 5.74) is 6.78. The monoisotopic (exact) mass is 445 g/mol. The number of hydrogen-bond donors (Lipinski definition) is 2. The number of anilines is 1. The summed E-state index contributed by atoms with van der Waals surface area (Å²) in [6, 6.07) is 16.7. The fourth-order valence-electron chi connectivity index (χ4n) is 3.28. The number of carbonyl (C=O) groups excluding carboxylic acids is 1. The molecule has 6 nitrogen and oxygen atoms in total. The molecule has 0 radical (unpaired) electrons. The first-order chi connectivity index (χ1) is 15.3. The molecule has 0 unspecified atom stereocenters. The van der Waals surface area contributed by atoms with E-state index in [1.54, 1.807) is 25.3 Å². The molecule has 162 valence electrons. The first-order valence-corrected chi connectivity index (χ1v) is 10.5. The number of rotatable bonds is 4. The maximum absolute atomic E-state index is 12.5. The molecule has 0 aliphatic rings. The van der Waals surface area contributed by atoms with Gasteiger partial charge in [-0.25, -0.2) is 4.98 Å². The summed E-state index contributed by atoms with van der Waals surface area (Å²) in [7, 11) is 1.57. The molecule has 0 aliphatic carbocycles. The van der Waals surface area contributed by atoms with E-state index in [0.29, 0.717) is 22.9 Å². The number of nitrogens with zero attached hydrogens (tertiary/aromatic N) is 1. The highest BCUT2D eigenvalue weighted by Crippen LogP contribution is 2.32. The standard InChI is InChI=1S/C25H23N3O3S/c1-14-5-7-17(8-6-14)23(29)28-25(32)27-20-13-18(9-10-21(20)30-4)24-26-19-11-15(2)16(3)12-22(19)31-24/h5-13H,1-4H3,(H2,27,28,29,32). The number of ether oxygens (including phenoxy) is 1. The zero-order chi connectivity index (χ0) is 22.8. The van der Waals surface area contributed by atoms with Crippen molar-refractivity contribution in [3.63, 3.8) is 0 Å². The molecule has 0 saturated carbocycles. The van der Waals surface area contributed by atoms with Gasteiger partial charge in [-0.2, -0.15) is 0 Å². The van der Waals surface area contributed by atoms with Gasteiger partial charge in [0, 0.05) is 11.1 Å². The molecule has 4 aromatic rings. The van der Waals surface area contributed by atoms with Crippen LogP contribution in [-0.2, 0) is 0 Å². The Morgan fingerprint density at radius 2 is 1.72 bits per heavy atom. The summed E-state index contributed by atoms with van der Waals surface area (Å²) in [6.45, 7) is 6.05. The molecule has 0 atom stereocenters. The highest BCUT2D eigenvalue weighted by Gasteiger charge is 2.14. The molecule has 1 aromatic heterocycles. The van der Waals surface area contributed by atoms with E-state index >= 15 is 0 Å². The van der Waals surface area contributed by atoms with E-state index in [1.807, 2.05) is 57.2 Å². The van der Waals surface area contributed by atoms with Crippen LogP contribution < -0.4 is 15.4 Å². The Kier molecular flexibility index (Phi) is 5.92. The predicted octanol–water partition coefficient (Wildman–Crippen LogP) is 5.56. The molecule has 0 saturated heterocycles. The summed E-state index contributed by atoms with van der Waals surface area (Å²) in [6.07, 6.45) is 0. The van der Waals surface area contributed by atoms with Crippen molar-refractivity contribution in [1.29, 1.82) is 0 Å². The number of benzene rings is 3. The van der Waals surface area contributed by atoms with Gasteiger partial charge in [-0.15, -0.1) is 0 Å². The number of aromatic nitrogens is 1. The Morgan fingerprint density at radius 1 is 1.00 bits per heavy atom. The quantitative estimate of drug-likeness (QED) is 0.401. The largest absolute Gasteiger partial charge is 0.495 e. The van der Waals surface area contributed by atoms with Crippen LogP contribution in [0.15, 0.2) is 59.0 Å². The van der Waals surface area contributed by atoms with E-state index in [-0.39, 0.29) is 11.0 Å². The van der Waals surface area contributed by atoms with E-state index in [1.165, 1.54) is 0 Å². The lowest BCUT2D eigenvalue weighted by molar-refractivity contribution is 0.0977. The highest BCUT2D eigenvalue weighted by atomic mass is 32.1. The van der Waals surface area contributed by atoms with Crippen molar-refractivity contribution in [2.45, 2.75) is 20.8 Å². The van der Waals surface area contributed by atoms with Crippen LogP contribution >= 0.6 is 12.2 Å². The molecule has 1 amide bonds. The second kappa shape index (κ2) is 8.80. The minimum atomic E-state index is -0.290. The molecule has 4 rings (SSSR count). The summed E-state index contributed by atoms with van der Waals surface area (Å²) in [5, 5.41) is 5.90. The van der Waals surface area contributed by atoms with Crippen LogP contribution in [-0.4, -0.2) is 23.1 Å². The van der Waals surface area contributed by atoms with Gasteiger partial charge in [-0.1, -0.05) is 17.7 Å². The van der Waals surface area contributed by atoms with Gasteiger partial charge in [0.15, 0.2) is 10.7 Å². The average Bonchev–Trinajstić information content (AvgIpc) is 3.17. The maximum Gasteiger partial charge on any atom is 0.257 e. The third-order valence-corrected chi connectivity index (χ3v) is 5.44. The number of nitrogens with one attached hydrogen (secondary N) is 2. The number of hydrogen-bond acceptors (Lipinski definition) is 5. The zero-order valence-electron chi connectivity index (χ0n) is 18.3. The SMILES string of the molecule is COc1ccc(-c2nc3cc(C)c(C)cc3o2)cc1NC(=S)NC(=O)c1ccc(C)cc1. The number of carbonyl (C=O) groups is 1. The number of thiocarbonyl (C=S) groups is 1. The van der Waals surface area contributed by atoms with Crippen LogP contribution in [0.5, 0.6) is 5.75 Å². The maximum atomic E-state index is 12.5. The number of methoxy groups -OCH3 is 1. The Balaban J connectivity index is 1.57. The predicted molar refractivity (Wildman–Crippen MR) is 130 cm³/mol. The molecule has 0 aliphatic heterocycles. The minimum absolute atomic E-state index is 0.162. The average molecular weight is 446 g/mol. The molecule has 1 heterocycles. The second-order valence-corrected chi connectivity index (χ2v) is 8.02. The Labute approximate surface area is 191 Å². The Hall–Kier alpha value is -3.71. The van der Waals surface area contributed by atoms with Crippen molar-refractivity contribution in [2.75, 3.05) is 12.4 Å². The molecule has 0 spiro atoms. The highest BCUT2D eigenvalue weighted by molar-refractivity contribution is 7.80. The van der Waals surface area contributed by atoms with Crippen LogP contribution in [0.25, 0.3) is 22.6 Å². The third kappa shape index (κ3) is 4.48. The summed E-state index contributed by atoms with van der Waals surface area (Å²) in [4.78, 5) is 17.1. The van der Waals surface area contributed by atoms with Crippen molar-refractivity contribution >= 4 is 40.0 Å². The second-order valence-electron chi connectivity index (χ2n) is 7.61. The molecule has 0 bridgehead atoms. The van der Waals surface area contributed by atoms with Gasteiger partial charge < -0.3 is 14.5 Å². The van der Waals surface area contributed by atoms with Crippen LogP contribution in [0.4, 0.5) is 5.69 Å². The van der Waals surface area contributed by atoms with Gasteiger partial charge in [0.2, 0.25) is 5.89 Å². The van der Waals surface area contributed by atoms with Crippen molar-refractivity contribution in [2.24, 2.45) is 0 Å². The zero-order valence-corrected chi connectivity index (χ0v) is 19.1. The molecular formula is C25H23N3O3S. The minimum Gasteiger partial charge on any atom is -0.495 e. The fourth-order valence-corrected chi connectivity index (χ4v) is 3.48. The van der Waals surface area contributed by atoms with Gasteiger partial charge in [0.25, 0.3) is 5.91 Å². The normalized spacial score (nSPS) is 10.8. The first-order valence-electron chi connectivity index (χ1n) is 10.1. The van der Waals surface area contributed by atoms with E-state index in [9.17, 15) is 4.79 Å². The van der Waals surface area contributed by atoms with E-state index < -0.39 is 0 Å². The Bertz CT molecular complexity index is 1290. The molecule has 3 aromatic carbocycles. The van der Waals surface area contributed by atoms with Crippen molar-refractivity contribution < 1.29 is 13.9 Å². The number of fused-ring (bicyclic) bond motifs is 1. The molecule has 2 N–H and O–H groups in total. The lowest BCUT2D eigenvalue weighted by atomic mass is 10.1.